The molecule has 7 nitrogen and oxygen atoms in total. The molecule has 0 unspecified atom stereocenters. The predicted octanol–water partition coefficient (Wildman–Crippen LogP) is 5.64. The van der Waals surface area contributed by atoms with Crippen LogP contribution in [0.25, 0.3) is 10.8 Å². The molecule has 0 aliphatic heterocycles. The van der Waals surface area contributed by atoms with Crippen molar-refractivity contribution in [2.75, 3.05) is 27.7 Å². The molecule has 4 aromatic rings. The number of fused-ring (bicyclic) bond motifs is 1. The molecule has 3 aromatic carbocycles. The first-order valence-corrected chi connectivity index (χ1v) is 16.7. The summed E-state index contributed by atoms with van der Waals surface area (Å²) in [7, 11) is 5.23. The Morgan fingerprint density at radius 3 is 2.24 bits per heavy atom. The van der Waals surface area contributed by atoms with Gasteiger partial charge in [0.2, 0.25) is 17.7 Å². The summed E-state index contributed by atoms with van der Waals surface area (Å²) in [6.45, 7) is 4.58. The summed E-state index contributed by atoms with van der Waals surface area (Å²) in [6, 6.07) is 26.5. The quantitative estimate of drug-likeness (QED) is 0.165. The Hall–Kier alpha value is -4.27. The van der Waals surface area contributed by atoms with Gasteiger partial charge >= 0.3 is 0 Å². The Morgan fingerprint density at radius 2 is 1.54 bits per heavy atom. The lowest BCUT2D eigenvalue weighted by Crippen LogP contribution is -2.56. The van der Waals surface area contributed by atoms with Gasteiger partial charge in [0.25, 0.3) is 0 Å². The molecule has 4 rings (SSSR count). The van der Waals surface area contributed by atoms with Gasteiger partial charge in [0.05, 0.1) is 0 Å². The van der Waals surface area contributed by atoms with Gasteiger partial charge in [0.15, 0.2) is 0 Å². The molecule has 242 valence electrons. The van der Waals surface area contributed by atoms with E-state index in [2.05, 4.69) is 30.5 Å². The van der Waals surface area contributed by atoms with E-state index in [1.807, 2.05) is 97.4 Å². The molecule has 0 aliphatic carbocycles. The smallest absolute Gasteiger partial charge is 0.246 e. The second kappa shape index (κ2) is 16.3. The molecule has 0 saturated carbocycles. The highest BCUT2D eigenvalue weighted by Gasteiger charge is 2.35. The number of nitrogens with one attached hydrogen (secondary N) is 2. The number of benzene rings is 3. The lowest BCUT2D eigenvalue weighted by Gasteiger charge is -2.34. The lowest BCUT2D eigenvalue weighted by atomic mass is 9.98. The zero-order valence-corrected chi connectivity index (χ0v) is 28.3. The number of carbonyl (C=O) groups is 3. The molecule has 1 heterocycles. The number of hydrogen-bond donors (Lipinski definition) is 2. The van der Waals surface area contributed by atoms with Crippen LogP contribution >= 0.6 is 11.3 Å². The molecule has 0 bridgehead atoms. The van der Waals surface area contributed by atoms with Gasteiger partial charge in [-0.05, 0) is 73.2 Å². The number of thiophene rings is 1. The van der Waals surface area contributed by atoms with E-state index in [-0.39, 0.29) is 23.3 Å². The molecule has 0 radical (unpaired) electrons. The molecule has 2 N–H and O–H groups in total. The Bertz CT molecular complexity index is 1620. The molecule has 0 spiro atoms. The second-order valence-corrected chi connectivity index (χ2v) is 13.4. The minimum absolute atomic E-state index is 0.168. The van der Waals surface area contributed by atoms with E-state index in [9.17, 15) is 14.4 Å². The van der Waals surface area contributed by atoms with Crippen LogP contribution in [0, 0.1) is 0 Å². The van der Waals surface area contributed by atoms with Gasteiger partial charge in [-0.3, -0.25) is 14.4 Å². The minimum Gasteiger partial charge on any atom is -0.354 e. The van der Waals surface area contributed by atoms with Crippen molar-refractivity contribution >= 4 is 39.8 Å². The summed E-state index contributed by atoms with van der Waals surface area (Å²) in [4.78, 5) is 45.7. The molecular formula is C38H46N4O3S. The second-order valence-electron chi connectivity index (χ2n) is 12.4. The van der Waals surface area contributed by atoms with Gasteiger partial charge in [-0.1, -0.05) is 84.9 Å². The van der Waals surface area contributed by atoms with Crippen LogP contribution in [-0.2, 0) is 33.6 Å². The number of hydrogen-bond acceptors (Lipinski definition) is 5. The van der Waals surface area contributed by atoms with E-state index in [1.54, 1.807) is 31.5 Å². The highest BCUT2D eigenvalue weighted by atomic mass is 32.1. The summed E-state index contributed by atoms with van der Waals surface area (Å²) < 4.78 is 0. The van der Waals surface area contributed by atoms with Gasteiger partial charge in [-0.15, -0.1) is 11.3 Å². The van der Waals surface area contributed by atoms with E-state index >= 15 is 0 Å². The van der Waals surface area contributed by atoms with Gasteiger partial charge in [0.1, 0.15) is 12.1 Å². The maximum atomic E-state index is 14.4. The predicted molar refractivity (Wildman–Crippen MR) is 189 cm³/mol. The average Bonchev–Trinajstić information content (AvgIpc) is 3.59. The van der Waals surface area contributed by atoms with Crippen molar-refractivity contribution in [3.05, 3.63) is 118 Å². The fourth-order valence-corrected chi connectivity index (χ4v) is 6.06. The maximum Gasteiger partial charge on any atom is 0.246 e. The van der Waals surface area contributed by atoms with Crippen LogP contribution in [0.1, 0.15) is 36.3 Å². The summed E-state index contributed by atoms with van der Waals surface area (Å²) in [6.07, 6.45) is 5.42. The van der Waals surface area contributed by atoms with Crippen LogP contribution in [0.4, 0.5) is 0 Å². The Kier molecular flexibility index (Phi) is 12.3. The molecular weight excluding hydrogens is 593 g/mol. The fourth-order valence-electron chi connectivity index (χ4n) is 5.31. The highest BCUT2D eigenvalue weighted by Crippen LogP contribution is 2.21. The van der Waals surface area contributed by atoms with Crippen LogP contribution in [0.3, 0.4) is 0 Å². The van der Waals surface area contributed by atoms with Gasteiger partial charge < -0.3 is 20.4 Å². The summed E-state index contributed by atoms with van der Waals surface area (Å²) in [5.41, 5.74) is 1.90. The molecule has 0 saturated heterocycles. The van der Waals surface area contributed by atoms with Crippen molar-refractivity contribution in [2.45, 2.75) is 57.2 Å². The van der Waals surface area contributed by atoms with E-state index in [0.717, 1.165) is 26.8 Å². The van der Waals surface area contributed by atoms with E-state index in [0.29, 0.717) is 32.2 Å². The van der Waals surface area contributed by atoms with E-state index in [1.165, 1.54) is 9.80 Å². The molecule has 0 fully saturated rings. The van der Waals surface area contributed by atoms with Crippen LogP contribution < -0.4 is 10.6 Å². The zero-order valence-electron chi connectivity index (χ0n) is 27.5. The third-order valence-electron chi connectivity index (χ3n) is 8.56. The van der Waals surface area contributed by atoms with Crippen molar-refractivity contribution in [2.24, 2.45) is 0 Å². The van der Waals surface area contributed by atoms with Crippen LogP contribution in [-0.4, -0.2) is 72.8 Å². The average molecular weight is 639 g/mol. The van der Waals surface area contributed by atoms with Crippen molar-refractivity contribution in [3.8, 4) is 0 Å². The summed E-state index contributed by atoms with van der Waals surface area (Å²) in [5, 5.41) is 10.4. The molecule has 46 heavy (non-hydrogen) atoms. The first kappa shape index (κ1) is 34.6. The number of amides is 3. The van der Waals surface area contributed by atoms with Crippen LogP contribution in [0.15, 0.2) is 102 Å². The lowest BCUT2D eigenvalue weighted by molar-refractivity contribution is -0.146. The van der Waals surface area contributed by atoms with Gasteiger partial charge in [-0.25, -0.2) is 0 Å². The highest BCUT2D eigenvalue weighted by molar-refractivity contribution is 7.09. The monoisotopic (exact) mass is 638 g/mol. The van der Waals surface area contributed by atoms with E-state index in [4.69, 9.17) is 0 Å². The summed E-state index contributed by atoms with van der Waals surface area (Å²) in [5.74, 6) is -0.762. The van der Waals surface area contributed by atoms with Gasteiger partial charge in [-0.2, -0.15) is 0 Å². The Morgan fingerprint density at radius 1 is 0.826 bits per heavy atom. The third kappa shape index (κ3) is 9.61. The topological polar surface area (TPSA) is 81.8 Å². The zero-order chi connectivity index (χ0) is 33.1. The number of rotatable bonds is 15. The third-order valence-corrected chi connectivity index (χ3v) is 9.46. The van der Waals surface area contributed by atoms with Crippen molar-refractivity contribution < 1.29 is 14.4 Å². The largest absolute Gasteiger partial charge is 0.354 e. The standard InChI is InChI=1S/C38H46N4O3S/c1-38(2,39-3)22-11-18-35(43)41(4)34(26-29-19-20-30-15-9-10-16-31(30)25-29)37(45)42(5)33(27-32-17-12-24-46-32)36(44)40-23-21-28-13-7-6-8-14-28/h6-20,24-25,33-34,39H,21-23,26-27H2,1-5H3,(H,40,44)/t33-,34-/m1/s1. The number of carbonyl (C=O) groups excluding carboxylic acids is 3. The normalized spacial score (nSPS) is 13.0. The fraction of sp³-hybridized carbons (Fsp3) is 0.342. The molecule has 1 aromatic heterocycles. The molecule has 3 amide bonds. The van der Waals surface area contributed by atoms with Crippen LogP contribution in [0.5, 0.6) is 0 Å². The summed E-state index contributed by atoms with van der Waals surface area (Å²) >= 11 is 1.56. The Labute approximate surface area is 277 Å². The van der Waals surface area contributed by atoms with Gasteiger partial charge in [0, 0.05) is 43.9 Å². The first-order chi connectivity index (χ1) is 22.1. The number of nitrogens with zero attached hydrogens (tertiary/aromatic N) is 2. The first-order valence-electron chi connectivity index (χ1n) is 15.8. The Balaban J connectivity index is 1.59. The molecule has 0 aliphatic rings. The van der Waals surface area contributed by atoms with Crippen molar-refractivity contribution in [1.82, 2.24) is 20.4 Å². The van der Waals surface area contributed by atoms with E-state index < -0.39 is 12.1 Å². The number of likely N-dealkylation sites (N-methyl/N-ethyl adjacent to an activating group) is 2. The maximum absolute atomic E-state index is 14.4. The molecule has 2 atom stereocenters. The SMILES string of the molecule is CNC(C)(C)CC=CC(=O)N(C)[C@H](Cc1ccc2ccccc2c1)C(=O)N(C)[C@H](Cc1cccs1)C(=O)NCCc1ccccc1. The van der Waals surface area contributed by atoms with Crippen molar-refractivity contribution in [3.63, 3.8) is 0 Å². The molecule has 8 heteroatoms. The van der Waals surface area contributed by atoms with Crippen molar-refractivity contribution in [1.29, 1.82) is 0 Å². The minimum atomic E-state index is -0.816. The van der Waals surface area contributed by atoms with Crippen LogP contribution in [0.2, 0.25) is 0 Å².